The third-order valence-electron chi connectivity index (χ3n) is 2.67. The molecule has 0 aromatic heterocycles. The Balaban J connectivity index is 2.39. The molecule has 1 fully saturated rings. The molecule has 3 heteroatoms. The van der Waals surface area contributed by atoms with Crippen molar-refractivity contribution < 1.29 is 5.11 Å². The van der Waals surface area contributed by atoms with E-state index in [0.29, 0.717) is 19.1 Å². The summed E-state index contributed by atoms with van der Waals surface area (Å²) in [4.78, 5) is 2.31. The van der Waals surface area contributed by atoms with Crippen molar-refractivity contribution in [3.05, 3.63) is 0 Å². The Labute approximate surface area is 74.5 Å². The van der Waals surface area contributed by atoms with Gasteiger partial charge in [0.25, 0.3) is 0 Å². The van der Waals surface area contributed by atoms with Crippen LogP contribution in [0.1, 0.15) is 26.7 Å². The van der Waals surface area contributed by atoms with E-state index in [9.17, 15) is 5.11 Å². The van der Waals surface area contributed by atoms with Crippen molar-refractivity contribution in [1.29, 1.82) is 0 Å². The zero-order valence-corrected chi connectivity index (χ0v) is 8.08. The van der Waals surface area contributed by atoms with E-state index < -0.39 is 5.60 Å². The highest BCUT2D eigenvalue weighted by Crippen LogP contribution is 2.18. The Bertz CT molecular complexity index is 147. The summed E-state index contributed by atoms with van der Waals surface area (Å²) in [6.07, 6.45) is 2.50. The number of hydrogen-bond donors (Lipinski definition) is 2. The number of nitrogens with two attached hydrogens (primary N) is 1. The van der Waals surface area contributed by atoms with Gasteiger partial charge in [0.2, 0.25) is 0 Å². The molecule has 0 bridgehead atoms. The summed E-state index contributed by atoms with van der Waals surface area (Å²) in [7, 11) is 0. The maximum Gasteiger partial charge on any atom is 0.0867 e. The maximum atomic E-state index is 9.73. The van der Waals surface area contributed by atoms with E-state index in [1.54, 1.807) is 6.92 Å². The van der Waals surface area contributed by atoms with Crippen LogP contribution in [0, 0.1) is 0 Å². The normalized spacial score (nSPS) is 30.5. The predicted molar refractivity (Wildman–Crippen MR) is 49.9 cm³/mol. The average Bonchev–Trinajstić information content (AvgIpc) is 2.36. The molecule has 0 aromatic carbocycles. The summed E-state index contributed by atoms with van der Waals surface area (Å²) in [5.74, 6) is 0. The van der Waals surface area contributed by atoms with Gasteiger partial charge in [-0.3, -0.25) is 4.90 Å². The smallest absolute Gasteiger partial charge is 0.0867 e. The molecule has 0 radical (unpaired) electrons. The van der Waals surface area contributed by atoms with Gasteiger partial charge in [0.1, 0.15) is 0 Å². The molecule has 1 saturated heterocycles. The quantitative estimate of drug-likeness (QED) is 0.638. The van der Waals surface area contributed by atoms with E-state index in [0.717, 1.165) is 6.54 Å². The summed E-state index contributed by atoms with van der Waals surface area (Å²) in [5, 5.41) is 9.73. The number of nitrogens with zero attached hydrogens (tertiary/aromatic N) is 1. The molecule has 0 spiro atoms. The van der Waals surface area contributed by atoms with E-state index in [1.807, 2.05) is 0 Å². The minimum Gasteiger partial charge on any atom is -0.388 e. The van der Waals surface area contributed by atoms with Crippen LogP contribution in [-0.4, -0.2) is 41.3 Å². The van der Waals surface area contributed by atoms with Crippen molar-refractivity contribution >= 4 is 0 Å². The molecule has 0 aromatic rings. The van der Waals surface area contributed by atoms with Crippen LogP contribution >= 0.6 is 0 Å². The van der Waals surface area contributed by atoms with Crippen molar-refractivity contribution in [3.63, 3.8) is 0 Å². The molecule has 2 atom stereocenters. The predicted octanol–water partition coefficient (Wildman–Crippen LogP) is 0.180. The lowest BCUT2D eigenvalue weighted by molar-refractivity contribution is 0.0253. The van der Waals surface area contributed by atoms with Gasteiger partial charge in [0.15, 0.2) is 0 Å². The molecule has 1 heterocycles. The second-order valence-electron chi connectivity index (χ2n) is 4.16. The first kappa shape index (κ1) is 9.96. The molecular weight excluding hydrogens is 152 g/mol. The molecule has 12 heavy (non-hydrogen) atoms. The van der Waals surface area contributed by atoms with Gasteiger partial charge in [-0.2, -0.15) is 0 Å². The number of hydrogen-bond acceptors (Lipinski definition) is 3. The first-order valence-electron chi connectivity index (χ1n) is 4.72. The minimum absolute atomic E-state index is 0.343. The molecule has 0 aliphatic carbocycles. The standard InChI is InChI=1S/C9H20N2O/c1-8-4-3-5-11(8)7-9(2,12)6-10/h8,12H,3-7,10H2,1-2H3. The van der Waals surface area contributed by atoms with E-state index in [1.165, 1.54) is 12.8 Å². The molecular formula is C9H20N2O. The fourth-order valence-electron chi connectivity index (χ4n) is 1.73. The largest absolute Gasteiger partial charge is 0.388 e. The van der Waals surface area contributed by atoms with Crippen molar-refractivity contribution in [2.75, 3.05) is 19.6 Å². The summed E-state index contributed by atoms with van der Waals surface area (Å²) in [6, 6.07) is 0.614. The van der Waals surface area contributed by atoms with Gasteiger partial charge in [-0.25, -0.2) is 0 Å². The van der Waals surface area contributed by atoms with Crippen LogP contribution in [0.3, 0.4) is 0 Å². The third-order valence-corrected chi connectivity index (χ3v) is 2.67. The average molecular weight is 172 g/mol. The Hall–Kier alpha value is -0.120. The molecule has 2 unspecified atom stereocenters. The SMILES string of the molecule is CC1CCCN1CC(C)(O)CN. The number of aliphatic hydroxyl groups is 1. The summed E-state index contributed by atoms with van der Waals surface area (Å²) in [5.41, 5.74) is 4.74. The molecule has 3 nitrogen and oxygen atoms in total. The molecule has 1 rings (SSSR count). The molecule has 3 N–H and O–H groups in total. The number of β-amino-alcohol motifs (C(OH)–C–C–N with tert-alkyl or cyclic N) is 1. The first-order valence-corrected chi connectivity index (χ1v) is 4.72. The number of rotatable bonds is 3. The topological polar surface area (TPSA) is 49.5 Å². The van der Waals surface area contributed by atoms with Crippen LogP contribution in [0.2, 0.25) is 0 Å². The van der Waals surface area contributed by atoms with Crippen LogP contribution in [-0.2, 0) is 0 Å². The van der Waals surface area contributed by atoms with Gasteiger partial charge < -0.3 is 10.8 Å². The maximum absolute atomic E-state index is 9.73. The highest BCUT2D eigenvalue weighted by Gasteiger charge is 2.27. The Kier molecular flexibility index (Phi) is 3.09. The monoisotopic (exact) mass is 172 g/mol. The Morgan fingerprint density at radius 3 is 2.75 bits per heavy atom. The van der Waals surface area contributed by atoms with Crippen LogP contribution < -0.4 is 5.73 Å². The van der Waals surface area contributed by atoms with E-state index in [2.05, 4.69) is 11.8 Å². The van der Waals surface area contributed by atoms with Crippen LogP contribution in [0.15, 0.2) is 0 Å². The summed E-state index contributed by atoms with van der Waals surface area (Å²) >= 11 is 0. The van der Waals surface area contributed by atoms with Crippen LogP contribution in [0.25, 0.3) is 0 Å². The second kappa shape index (κ2) is 3.73. The van der Waals surface area contributed by atoms with Crippen LogP contribution in [0.5, 0.6) is 0 Å². The lowest BCUT2D eigenvalue weighted by Crippen LogP contribution is -2.46. The lowest BCUT2D eigenvalue weighted by Gasteiger charge is -2.30. The van der Waals surface area contributed by atoms with E-state index in [-0.39, 0.29) is 0 Å². The van der Waals surface area contributed by atoms with Crippen molar-refractivity contribution in [2.24, 2.45) is 5.73 Å². The summed E-state index contributed by atoms with van der Waals surface area (Å²) in [6.45, 7) is 6.18. The molecule has 0 saturated carbocycles. The minimum atomic E-state index is -0.710. The third kappa shape index (κ3) is 2.44. The highest BCUT2D eigenvalue weighted by atomic mass is 16.3. The molecule has 1 aliphatic heterocycles. The second-order valence-corrected chi connectivity index (χ2v) is 4.16. The van der Waals surface area contributed by atoms with Gasteiger partial charge in [-0.05, 0) is 33.2 Å². The molecule has 1 aliphatic rings. The van der Waals surface area contributed by atoms with Crippen molar-refractivity contribution in [1.82, 2.24) is 4.90 Å². The first-order chi connectivity index (χ1) is 5.55. The highest BCUT2D eigenvalue weighted by molar-refractivity contribution is 4.84. The van der Waals surface area contributed by atoms with Gasteiger partial charge in [0, 0.05) is 19.1 Å². The van der Waals surface area contributed by atoms with Gasteiger partial charge >= 0.3 is 0 Å². The van der Waals surface area contributed by atoms with Crippen molar-refractivity contribution in [2.45, 2.75) is 38.3 Å². The van der Waals surface area contributed by atoms with E-state index >= 15 is 0 Å². The fraction of sp³-hybridized carbons (Fsp3) is 1.00. The lowest BCUT2D eigenvalue weighted by atomic mass is 10.1. The van der Waals surface area contributed by atoms with Gasteiger partial charge in [-0.15, -0.1) is 0 Å². The van der Waals surface area contributed by atoms with Crippen molar-refractivity contribution in [3.8, 4) is 0 Å². The molecule has 0 amide bonds. The van der Waals surface area contributed by atoms with Gasteiger partial charge in [-0.1, -0.05) is 0 Å². The zero-order valence-electron chi connectivity index (χ0n) is 8.08. The molecule has 72 valence electrons. The van der Waals surface area contributed by atoms with Crippen LogP contribution in [0.4, 0.5) is 0 Å². The fourth-order valence-corrected chi connectivity index (χ4v) is 1.73. The zero-order chi connectivity index (χ0) is 9.19. The number of likely N-dealkylation sites (tertiary alicyclic amines) is 1. The van der Waals surface area contributed by atoms with Gasteiger partial charge in [0.05, 0.1) is 5.60 Å². The van der Waals surface area contributed by atoms with E-state index in [4.69, 9.17) is 5.73 Å². The Morgan fingerprint density at radius 2 is 2.33 bits per heavy atom. The Morgan fingerprint density at radius 1 is 1.67 bits per heavy atom. The summed E-state index contributed by atoms with van der Waals surface area (Å²) < 4.78 is 0.